The van der Waals surface area contributed by atoms with Crippen LogP contribution < -0.4 is 0 Å². The maximum Gasteiger partial charge on any atom is 0.303 e. The Labute approximate surface area is 127 Å². The van der Waals surface area contributed by atoms with Gasteiger partial charge in [0, 0.05) is 17.4 Å². The monoisotopic (exact) mass is 306 g/mol. The van der Waals surface area contributed by atoms with Gasteiger partial charge in [0.25, 0.3) is 0 Å². The summed E-state index contributed by atoms with van der Waals surface area (Å²) in [6.07, 6.45) is 5.95. The molecule has 1 N–H and O–H groups in total. The molecule has 0 spiro atoms. The zero-order chi connectivity index (χ0) is 14.7. The van der Waals surface area contributed by atoms with Crippen LogP contribution in [-0.2, 0) is 11.2 Å². The Kier molecular flexibility index (Phi) is 4.05. The van der Waals surface area contributed by atoms with E-state index in [1.165, 1.54) is 6.42 Å². The quantitative estimate of drug-likeness (QED) is 0.910. The Morgan fingerprint density at radius 1 is 1.38 bits per heavy atom. The minimum Gasteiger partial charge on any atom is -0.481 e. The van der Waals surface area contributed by atoms with Crippen LogP contribution in [0.3, 0.4) is 0 Å². The largest absolute Gasteiger partial charge is 0.481 e. The summed E-state index contributed by atoms with van der Waals surface area (Å²) in [5.74, 6) is 0.404. The van der Waals surface area contributed by atoms with Crippen molar-refractivity contribution in [2.45, 2.75) is 44.9 Å². The van der Waals surface area contributed by atoms with Gasteiger partial charge < -0.3 is 9.63 Å². The lowest BCUT2D eigenvalue weighted by atomic mass is 9.69. The molecular weight excluding hydrogens is 288 g/mol. The molecule has 0 atom stereocenters. The smallest absolute Gasteiger partial charge is 0.303 e. The molecule has 1 saturated carbocycles. The number of rotatable bonds is 5. The Morgan fingerprint density at radius 3 is 2.86 bits per heavy atom. The van der Waals surface area contributed by atoms with Gasteiger partial charge in [-0.1, -0.05) is 24.4 Å². The zero-order valence-corrected chi connectivity index (χ0v) is 12.6. The maximum absolute atomic E-state index is 11.2. The predicted octanol–water partition coefficient (Wildman–Crippen LogP) is 3.77. The standard InChI is InChI=1S/C15H18N2O3S/c18-13(19)9-15(5-2-1-3-6-15)8-12-16-14(17-20-12)11-4-7-21-10-11/h4,7,10H,1-3,5-6,8-9H2,(H,18,19). The minimum atomic E-state index is -0.741. The van der Waals surface area contributed by atoms with Gasteiger partial charge in [0.15, 0.2) is 0 Å². The van der Waals surface area contributed by atoms with Crippen molar-refractivity contribution in [3.05, 3.63) is 22.7 Å². The van der Waals surface area contributed by atoms with Gasteiger partial charge in [0.2, 0.25) is 11.7 Å². The molecule has 1 fully saturated rings. The van der Waals surface area contributed by atoms with Gasteiger partial charge in [-0.2, -0.15) is 16.3 Å². The highest BCUT2D eigenvalue weighted by Crippen LogP contribution is 2.42. The molecule has 2 aromatic heterocycles. The molecule has 5 nitrogen and oxygen atoms in total. The maximum atomic E-state index is 11.2. The van der Waals surface area contributed by atoms with Crippen molar-refractivity contribution in [1.82, 2.24) is 10.1 Å². The summed E-state index contributed by atoms with van der Waals surface area (Å²) in [6.45, 7) is 0. The number of aliphatic carboxylic acids is 1. The van der Waals surface area contributed by atoms with Crippen LogP contribution in [0, 0.1) is 5.41 Å². The molecular formula is C15H18N2O3S. The van der Waals surface area contributed by atoms with Gasteiger partial charge in [0.1, 0.15) is 0 Å². The fraction of sp³-hybridized carbons (Fsp3) is 0.533. The second-order valence-electron chi connectivity index (χ2n) is 5.83. The fourth-order valence-electron chi connectivity index (χ4n) is 3.20. The average Bonchev–Trinajstić information content (AvgIpc) is 3.09. The first-order valence-electron chi connectivity index (χ1n) is 7.24. The Bertz CT molecular complexity index is 600. The number of carbonyl (C=O) groups is 1. The van der Waals surface area contributed by atoms with Crippen molar-refractivity contribution in [1.29, 1.82) is 0 Å². The highest BCUT2D eigenvalue weighted by Gasteiger charge is 2.36. The first kappa shape index (κ1) is 14.3. The topological polar surface area (TPSA) is 76.2 Å². The highest BCUT2D eigenvalue weighted by molar-refractivity contribution is 7.08. The molecule has 0 radical (unpaired) electrons. The molecule has 2 heterocycles. The second kappa shape index (κ2) is 5.97. The van der Waals surface area contributed by atoms with E-state index in [1.54, 1.807) is 11.3 Å². The van der Waals surface area contributed by atoms with Gasteiger partial charge in [-0.3, -0.25) is 4.79 Å². The van der Waals surface area contributed by atoms with E-state index in [-0.39, 0.29) is 11.8 Å². The van der Waals surface area contributed by atoms with Crippen LogP contribution in [-0.4, -0.2) is 21.2 Å². The number of hydrogen-bond donors (Lipinski definition) is 1. The molecule has 6 heteroatoms. The average molecular weight is 306 g/mol. The summed E-state index contributed by atoms with van der Waals surface area (Å²) in [5, 5.41) is 17.2. The highest BCUT2D eigenvalue weighted by atomic mass is 32.1. The molecule has 3 rings (SSSR count). The van der Waals surface area contributed by atoms with Gasteiger partial charge in [0.05, 0.1) is 6.42 Å². The van der Waals surface area contributed by atoms with Gasteiger partial charge in [-0.15, -0.1) is 0 Å². The molecule has 1 aliphatic carbocycles. The SMILES string of the molecule is O=C(O)CC1(Cc2nc(-c3ccsc3)no2)CCCCC1. The normalized spacial score (nSPS) is 17.7. The van der Waals surface area contributed by atoms with Crippen LogP contribution >= 0.6 is 11.3 Å². The van der Waals surface area contributed by atoms with Crippen LogP contribution in [0.4, 0.5) is 0 Å². The van der Waals surface area contributed by atoms with Crippen molar-refractivity contribution >= 4 is 17.3 Å². The van der Waals surface area contributed by atoms with Gasteiger partial charge in [-0.05, 0) is 29.7 Å². The first-order chi connectivity index (χ1) is 10.2. The van der Waals surface area contributed by atoms with Crippen molar-refractivity contribution < 1.29 is 14.4 Å². The Hall–Kier alpha value is -1.69. The molecule has 0 saturated heterocycles. The molecule has 2 aromatic rings. The van der Waals surface area contributed by atoms with Crippen molar-refractivity contribution in [2.75, 3.05) is 0 Å². The van der Waals surface area contributed by atoms with E-state index in [1.807, 2.05) is 16.8 Å². The van der Waals surface area contributed by atoms with Crippen molar-refractivity contribution in [2.24, 2.45) is 5.41 Å². The Morgan fingerprint density at radius 2 is 2.19 bits per heavy atom. The lowest BCUT2D eigenvalue weighted by Crippen LogP contribution is -2.29. The van der Waals surface area contributed by atoms with E-state index in [9.17, 15) is 9.90 Å². The summed E-state index contributed by atoms with van der Waals surface area (Å²) in [7, 11) is 0. The molecule has 0 amide bonds. The van der Waals surface area contributed by atoms with E-state index < -0.39 is 5.97 Å². The van der Waals surface area contributed by atoms with Crippen LogP contribution in [0.25, 0.3) is 11.4 Å². The molecule has 21 heavy (non-hydrogen) atoms. The van der Waals surface area contributed by atoms with Crippen molar-refractivity contribution in [3.63, 3.8) is 0 Å². The number of nitrogens with zero attached hydrogens (tertiary/aromatic N) is 2. The summed E-state index contributed by atoms with van der Waals surface area (Å²) < 4.78 is 5.35. The third-order valence-corrected chi connectivity index (χ3v) is 4.90. The second-order valence-corrected chi connectivity index (χ2v) is 6.61. The molecule has 0 aromatic carbocycles. The first-order valence-corrected chi connectivity index (χ1v) is 8.18. The van der Waals surface area contributed by atoms with E-state index in [2.05, 4.69) is 10.1 Å². The molecule has 0 unspecified atom stereocenters. The number of thiophene rings is 1. The number of carboxylic acids is 1. The number of aromatic nitrogens is 2. The zero-order valence-electron chi connectivity index (χ0n) is 11.7. The lowest BCUT2D eigenvalue weighted by molar-refractivity contribution is -0.140. The Balaban J connectivity index is 1.78. The van der Waals surface area contributed by atoms with E-state index >= 15 is 0 Å². The third kappa shape index (κ3) is 3.32. The molecule has 0 aliphatic heterocycles. The lowest BCUT2D eigenvalue weighted by Gasteiger charge is -2.34. The fourth-order valence-corrected chi connectivity index (χ4v) is 3.83. The molecule has 0 bridgehead atoms. The van der Waals surface area contributed by atoms with E-state index in [0.29, 0.717) is 18.1 Å². The van der Waals surface area contributed by atoms with Gasteiger partial charge >= 0.3 is 5.97 Å². The van der Waals surface area contributed by atoms with Crippen LogP contribution in [0.2, 0.25) is 0 Å². The molecule has 112 valence electrons. The summed E-state index contributed by atoms with van der Waals surface area (Å²) >= 11 is 1.59. The summed E-state index contributed by atoms with van der Waals surface area (Å²) in [5.41, 5.74) is 0.730. The van der Waals surface area contributed by atoms with Crippen molar-refractivity contribution in [3.8, 4) is 11.4 Å². The predicted molar refractivity (Wildman–Crippen MR) is 79.1 cm³/mol. The number of hydrogen-bond acceptors (Lipinski definition) is 5. The van der Waals surface area contributed by atoms with Gasteiger partial charge in [-0.25, -0.2) is 0 Å². The van der Waals surface area contributed by atoms with E-state index in [4.69, 9.17) is 4.52 Å². The summed E-state index contributed by atoms with van der Waals surface area (Å²) in [6, 6.07) is 1.95. The third-order valence-electron chi connectivity index (χ3n) is 4.21. The van der Waals surface area contributed by atoms with Crippen LogP contribution in [0.5, 0.6) is 0 Å². The minimum absolute atomic E-state index is 0.184. The van der Waals surface area contributed by atoms with Crippen LogP contribution in [0.15, 0.2) is 21.3 Å². The number of carboxylic acid groups (broad SMARTS) is 1. The summed E-state index contributed by atoms with van der Waals surface area (Å²) in [4.78, 5) is 15.6. The van der Waals surface area contributed by atoms with E-state index in [0.717, 1.165) is 31.2 Å². The molecule has 1 aliphatic rings. The van der Waals surface area contributed by atoms with Crippen LogP contribution in [0.1, 0.15) is 44.4 Å².